The molecule has 0 aliphatic heterocycles. The molecule has 0 aliphatic rings. The van der Waals surface area contributed by atoms with Gasteiger partial charge in [0.25, 0.3) is 0 Å². The fraction of sp³-hybridized carbons (Fsp3) is 0.100. The summed E-state index contributed by atoms with van der Waals surface area (Å²) in [5.74, 6) is 1.43. The first kappa shape index (κ1) is 14.5. The summed E-state index contributed by atoms with van der Waals surface area (Å²) in [6.07, 6.45) is 4.39. The molecule has 4 heteroatoms. The molecule has 0 radical (unpaired) electrons. The van der Waals surface area contributed by atoms with Crippen molar-refractivity contribution in [2.75, 3.05) is 7.11 Å². The third-order valence-corrected chi connectivity index (χ3v) is 3.97. The van der Waals surface area contributed by atoms with E-state index in [9.17, 15) is 0 Å². The Kier molecular flexibility index (Phi) is 3.71. The van der Waals surface area contributed by atoms with Gasteiger partial charge in [-0.2, -0.15) is 0 Å². The van der Waals surface area contributed by atoms with Gasteiger partial charge in [0, 0.05) is 24.4 Å². The molecule has 0 saturated carbocycles. The SMILES string of the molecule is COc1cc(-c2nc3ccccc3o2)ccc1Cc1ccncc1. The van der Waals surface area contributed by atoms with Crippen LogP contribution >= 0.6 is 0 Å². The number of pyridine rings is 1. The average Bonchev–Trinajstić information content (AvgIpc) is 3.07. The largest absolute Gasteiger partial charge is 0.496 e. The van der Waals surface area contributed by atoms with Crippen LogP contribution in [0.4, 0.5) is 0 Å². The third kappa shape index (κ3) is 2.74. The molecule has 4 nitrogen and oxygen atoms in total. The summed E-state index contributed by atoms with van der Waals surface area (Å²) in [6.45, 7) is 0. The molecule has 0 N–H and O–H groups in total. The van der Waals surface area contributed by atoms with Crippen LogP contribution in [0.5, 0.6) is 5.75 Å². The van der Waals surface area contributed by atoms with Gasteiger partial charge in [-0.25, -0.2) is 4.98 Å². The molecule has 0 amide bonds. The van der Waals surface area contributed by atoms with Crippen LogP contribution in [0, 0.1) is 0 Å². The van der Waals surface area contributed by atoms with Gasteiger partial charge >= 0.3 is 0 Å². The average molecular weight is 316 g/mol. The number of hydrogen-bond donors (Lipinski definition) is 0. The predicted molar refractivity (Wildman–Crippen MR) is 93.0 cm³/mol. The Balaban J connectivity index is 1.70. The van der Waals surface area contributed by atoms with Gasteiger partial charge in [0.1, 0.15) is 11.3 Å². The molecule has 0 atom stereocenters. The summed E-state index contributed by atoms with van der Waals surface area (Å²) in [5.41, 5.74) is 4.85. The zero-order valence-electron chi connectivity index (χ0n) is 13.3. The maximum absolute atomic E-state index is 5.84. The number of para-hydroxylation sites is 2. The Morgan fingerprint density at radius 3 is 2.62 bits per heavy atom. The van der Waals surface area contributed by atoms with Crippen LogP contribution in [0.3, 0.4) is 0 Å². The van der Waals surface area contributed by atoms with Gasteiger partial charge in [0.15, 0.2) is 5.58 Å². The van der Waals surface area contributed by atoms with E-state index in [-0.39, 0.29) is 0 Å². The number of benzene rings is 2. The summed E-state index contributed by atoms with van der Waals surface area (Å²) in [4.78, 5) is 8.59. The Bertz CT molecular complexity index is 944. The van der Waals surface area contributed by atoms with E-state index in [1.165, 1.54) is 5.56 Å². The second kappa shape index (κ2) is 6.16. The molecule has 2 heterocycles. The zero-order chi connectivity index (χ0) is 16.4. The van der Waals surface area contributed by atoms with E-state index < -0.39 is 0 Å². The first-order valence-corrected chi connectivity index (χ1v) is 7.75. The number of aromatic nitrogens is 2. The number of nitrogens with zero attached hydrogens (tertiary/aromatic N) is 2. The number of fused-ring (bicyclic) bond motifs is 1. The lowest BCUT2D eigenvalue weighted by Gasteiger charge is -2.09. The van der Waals surface area contributed by atoms with Crippen molar-refractivity contribution in [1.29, 1.82) is 0 Å². The molecule has 0 spiro atoms. The van der Waals surface area contributed by atoms with Crippen molar-refractivity contribution < 1.29 is 9.15 Å². The summed E-state index contributed by atoms with van der Waals surface area (Å²) in [5, 5.41) is 0. The highest BCUT2D eigenvalue weighted by molar-refractivity contribution is 5.76. The topological polar surface area (TPSA) is 48.2 Å². The van der Waals surface area contributed by atoms with E-state index in [1.54, 1.807) is 19.5 Å². The predicted octanol–water partition coefficient (Wildman–Crippen LogP) is 4.49. The summed E-state index contributed by atoms with van der Waals surface area (Å²) < 4.78 is 11.4. The molecule has 0 saturated heterocycles. The highest BCUT2D eigenvalue weighted by Gasteiger charge is 2.11. The molecule has 0 bridgehead atoms. The zero-order valence-corrected chi connectivity index (χ0v) is 13.3. The molecule has 24 heavy (non-hydrogen) atoms. The van der Waals surface area contributed by atoms with E-state index in [1.807, 2.05) is 48.5 Å². The van der Waals surface area contributed by atoms with Gasteiger partial charge < -0.3 is 9.15 Å². The lowest BCUT2D eigenvalue weighted by molar-refractivity contribution is 0.410. The Morgan fingerprint density at radius 2 is 1.83 bits per heavy atom. The van der Waals surface area contributed by atoms with E-state index in [4.69, 9.17) is 9.15 Å². The van der Waals surface area contributed by atoms with Crippen molar-refractivity contribution in [2.24, 2.45) is 0 Å². The first-order valence-electron chi connectivity index (χ1n) is 7.75. The van der Waals surface area contributed by atoms with Gasteiger partial charge in [-0.3, -0.25) is 4.98 Å². The van der Waals surface area contributed by atoms with Gasteiger partial charge in [-0.15, -0.1) is 0 Å². The Hall–Kier alpha value is -3.14. The minimum Gasteiger partial charge on any atom is -0.496 e. The standard InChI is InChI=1S/C20H16N2O2/c1-23-19-13-16(20-22-17-4-2-3-5-18(17)24-20)7-6-15(19)12-14-8-10-21-11-9-14/h2-11,13H,12H2,1H3. The van der Waals surface area contributed by atoms with Crippen LogP contribution in [0.2, 0.25) is 0 Å². The van der Waals surface area contributed by atoms with Crippen molar-refractivity contribution >= 4 is 11.1 Å². The molecule has 0 fully saturated rings. The van der Waals surface area contributed by atoms with Crippen molar-refractivity contribution in [1.82, 2.24) is 9.97 Å². The van der Waals surface area contributed by atoms with Crippen molar-refractivity contribution in [2.45, 2.75) is 6.42 Å². The van der Waals surface area contributed by atoms with Crippen molar-refractivity contribution in [3.63, 3.8) is 0 Å². The summed E-state index contributed by atoms with van der Waals surface area (Å²) in [7, 11) is 1.68. The number of oxazole rings is 1. The smallest absolute Gasteiger partial charge is 0.227 e. The van der Waals surface area contributed by atoms with Crippen molar-refractivity contribution in [3.05, 3.63) is 78.1 Å². The minimum atomic E-state index is 0.602. The maximum atomic E-state index is 5.84. The van der Waals surface area contributed by atoms with Crippen LogP contribution in [-0.4, -0.2) is 17.1 Å². The molecule has 2 aromatic heterocycles. The number of hydrogen-bond acceptors (Lipinski definition) is 4. The van der Waals surface area contributed by atoms with E-state index in [2.05, 4.69) is 16.0 Å². The van der Waals surface area contributed by atoms with E-state index in [0.29, 0.717) is 5.89 Å². The lowest BCUT2D eigenvalue weighted by Crippen LogP contribution is -1.95. The van der Waals surface area contributed by atoms with Gasteiger partial charge in [0.2, 0.25) is 5.89 Å². The molecular weight excluding hydrogens is 300 g/mol. The van der Waals surface area contributed by atoms with E-state index >= 15 is 0 Å². The minimum absolute atomic E-state index is 0.602. The second-order valence-electron chi connectivity index (χ2n) is 5.55. The molecule has 0 unspecified atom stereocenters. The van der Waals surface area contributed by atoms with E-state index in [0.717, 1.165) is 34.4 Å². The molecule has 4 aromatic rings. The highest BCUT2D eigenvalue weighted by Crippen LogP contribution is 2.30. The molecule has 4 rings (SSSR count). The summed E-state index contributed by atoms with van der Waals surface area (Å²) in [6, 6.07) is 17.8. The van der Waals surface area contributed by atoms with Crippen LogP contribution in [0.1, 0.15) is 11.1 Å². The van der Waals surface area contributed by atoms with Crippen molar-refractivity contribution in [3.8, 4) is 17.2 Å². The van der Waals surface area contributed by atoms with Gasteiger partial charge in [-0.1, -0.05) is 18.2 Å². The normalized spacial score (nSPS) is 10.9. The highest BCUT2D eigenvalue weighted by atomic mass is 16.5. The van der Waals surface area contributed by atoms with Gasteiger partial charge in [-0.05, 0) is 47.5 Å². The van der Waals surface area contributed by atoms with Gasteiger partial charge in [0.05, 0.1) is 7.11 Å². The first-order chi connectivity index (χ1) is 11.8. The fourth-order valence-corrected chi connectivity index (χ4v) is 2.74. The molecule has 0 aliphatic carbocycles. The number of ether oxygens (including phenoxy) is 1. The number of rotatable bonds is 4. The Labute approximate surface area is 139 Å². The lowest BCUT2D eigenvalue weighted by atomic mass is 10.0. The molecular formula is C20H16N2O2. The van der Waals surface area contributed by atoms with Crippen LogP contribution < -0.4 is 4.74 Å². The van der Waals surface area contributed by atoms with Crippen LogP contribution in [0.25, 0.3) is 22.6 Å². The summed E-state index contributed by atoms with van der Waals surface area (Å²) >= 11 is 0. The molecule has 118 valence electrons. The maximum Gasteiger partial charge on any atom is 0.227 e. The fourth-order valence-electron chi connectivity index (χ4n) is 2.74. The van der Waals surface area contributed by atoms with Crippen LogP contribution in [-0.2, 0) is 6.42 Å². The van der Waals surface area contributed by atoms with Crippen LogP contribution in [0.15, 0.2) is 71.4 Å². The number of methoxy groups -OCH3 is 1. The second-order valence-corrected chi connectivity index (χ2v) is 5.55. The third-order valence-electron chi connectivity index (χ3n) is 3.97. The molecule has 2 aromatic carbocycles. The quantitative estimate of drug-likeness (QED) is 0.556. The monoisotopic (exact) mass is 316 g/mol. The Morgan fingerprint density at radius 1 is 1.00 bits per heavy atom.